The van der Waals surface area contributed by atoms with Crippen molar-refractivity contribution in [2.24, 2.45) is 0 Å². The van der Waals surface area contributed by atoms with Crippen molar-refractivity contribution >= 4 is 0 Å². The minimum atomic E-state index is 0.709. The van der Waals surface area contributed by atoms with E-state index >= 15 is 0 Å². The number of nitrogens with zero attached hydrogens (tertiary/aromatic N) is 1. The van der Waals surface area contributed by atoms with Gasteiger partial charge in [-0.25, -0.2) is 0 Å². The van der Waals surface area contributed by atoms with Crippen molar-refractivity contribution in [3.8, 4) is 0 Å². The summed E-state index contributed by atoms with van der Waals surface area (Å²) in [5.74, 6) is 0. The molecule has 0 radical (unpaired) electrons. The number of rotatable bonds is 1. The van der Waals surface area contributed by atoms with Gasteiger partial charge in [-0.3, -0.25) is 0 Å². The molecule has 1 saturated heterocycles. The topological polar surface area (TPSA) is 3.24 Å². The molecule has 0 N–H and O–H groups in total. The van der Waals surface area contributed by atoms with Crippen LogP contribution >= 0.6 is 0 Å². The van der Waals surface area contributed by atoms with Crippen molar-refractivity contribution in [2.45, 2.75) is 45.2 Å². The molecule has 0 aliphatic carbocycles. The lowest BCUT2D eigenvalue weighted by atomic mass is 9.98. The molecule has 0 aromatic heterocycles. The van der Waals surface area contributed by atoms with Gasteiger partial charge in [-0.1, -0.05) is 6.58 Å². The summed E-state index contributed by atoms with van der Waals surface area (Å²) in [6.07, 6.45) is 6.02. The maximum atomic E-state index is 3.81. The molecular formula is C9H17N. The Balaban J connectivity index is 2.53. The van der Waals surface area contributed by atoms with E-state index in [4.69, 9.17) is 0 Å². The van der Waals surface area contributed by atoms with E-state index in [1.54, 1.807) is 0 Å². The van der Waals surface area contributed by atoms with Crippen LogP contribution in [-0.4, -0.2) is 17.0 Å². The smallest absolute Gasteiger partial charge is 0.0258 e. The minimum Gasteiger partial charge on any atom is -0.373 e. The van der Waals surface area contributed by atoms with Gasteiger partial charge in [0, 0.05) is 12.1 Å². The summed E-state index contributed by atoms with van der Waals surface area (Å²) in [4.78, 5) is 2.36. The summed E-state index contributed by atoms with van der Waals surface area (Å²) in [5, 5.41) is 0. The van der Waals surface area contributed by atoms with Gasteiger partial charge >= 0.3 is 0 Å². The molecule has 2 unspecified atom stereocenters. The zero-order valence-electron chi connectivity index (χ0n) is 7.01. The number of hydrogen-bond donors (Lipinski definition) is 0. The van der Waals surface area contributed by atoms with E-state index in [9.17, 15) is 0 Å². The average molecular weight is 139 g/mol. The van der Waals surface area contributed by atoms with Gasteiger partial charge in [0.2, 0.25) is 0 Å². The molecule has 1 aliphatic rings. The lowest BCUT2D eigenvalue weighted by molar-refractivity contribution is 0.165. The van der Waals surface area contributed by atoms with Crippen LogP contribution in [0, 0.1) is 0 Å². The van der Waals surface area contributed by atoms with Crippen molar-refractivity contribution in [2.75, 3.05) is 0 Å². The van der Waals surface area contributed by atoms with Crippen molar-refractivity contribution < 1.29 is 0 Å². The Morgan fingerprint density at radius 3 is 2.10 bits per heavy atom. The van der Waals surface area contributed by atoms with Crippen LogP contribution in [0.2, 0.25) is 0 Å². The van der Waals surface area contributed by atoms with Crippen LogP contribution in [0.3, 0.4) is 0 Å². The van der Waals surface area contributed by atoms with E-state index in [0.717, 1.165) is 0 Å². The highest BCUT2D eigenvalue weighted by Gasteiger charge is 2.20. The molecule has 1 aliphatic heterocycles. The first kappa shape index (κ1) is 7.64. The molecule has 10 heavy (non-hydrogen) atoms. The monoisotopic (exact) mass is 139 g/mol. The van der Waals surface area contributed by atoms with Gasteiger partial charge in [0.05, 0.1) is 0 Å². The molecule has 58 valence electrons. The predicted octanol–water partition coefficient (Wildman–Crippen LogP) is 2.39. The molecule has 0 aromatic rings. The second kappa shape index (κ2) is 3.09. The molecule has 0 spiro atoms. The fraction of sp³-hybridized carbons (Fsp3) is 0.778. The first-order chi connectivity index (χ1) is 4.75. The summed E-state index contributed by atoms with van der Waals surface area (Å²) in [6, 6.07) is 1.42. The van der Waals surface area contributed by atoms with Crippen LogP contribution in [0.5, 0.6) is 0 Å². The molecule has 0 amide bonds. The Morgan fingerprint density at radius 1 is 1.30 bits per heavy atom. The fourth-order valence-corrected chi connectivity index (χ4v) is 1.80. The molecule has 0 saturated carbocycles. The van der Waals surface area contributed by atoms with Gasteiger partial charge in [-0.05, 0) is 39.3 Å². The molecule has 1 heteroatoms. The second-order valence-corrected chi connectivity index (χ2v) is 3.26. The van der Waals surface area contributed by atoms with E-state index in [0.29, 0.717) is 12.1 Å². The van der Waals surface area contributed by atoms with Crippen LogP contribution < -0.4 is 0 Å². The Bertz CT molecular complexity index is 110. The van der Waals surface area contributed by atoms with Crippen LogP contribution in [0.15, 0.2) is 12.8 Å². The first-order valence-electron chi connectivity index (χ1n) is 4.15. The van der Waals surface area contributed by atoms with Crippen LogP contribution in [0.1, 0.15) is 33.1 Å². The van der Waals surface area contributed by atoms with E-state index in [1.807, 2.05) is 6.20 Å². The lowest BCUT2D eigenvalue weighted by Crippen LogP contribution is -2.39. The fourth-order valence-electron chi connectivity index (χ4n) is 1.80. The summed E-state index contributed by atoms with van der Waals surface area (Å²) in [5.41, 5.74) is 0. The third-order valence-corrected chi connectivity index (χ3v) is 2.47. The third-order valence-electron chi connectivity index (χ3n) is 2.47. The van der Waals surface area contributed by atoms with Gasteiger partial charge in [0.15, 0.2) is 0 Å². The Kier molecular flexibility index (Phi) is 2.36. The molecular weight excluding hydrogens is 122 g/mol. The molecule has 1 rings (SSSR count). The van der Waals surface area contributed by atoms with Gasteiger partial charge in [0.1, 0.15) is 0 Å². The van der Waals surface area contributed by atoms with Crippen molar-refractivity contribution in [3.63, 3.8) is 0 Å². The van der Waals surface area contributed by atoms with Crippen LogP contribution in [0.25, 0.3) is 0 Å². The summed E-state index contributed by atoms with van der Waals surface area (Å²) in [7, 11) is 0. The highest BCUT2D eigenvalue weighted by atomic mass is 15.2. The Hall–Kier alpha value is -0.460. The van der Waals surface area contributed by atoms with E-state index in [-0.39, 0.29) is 0 Å². The zero-order chi connectivity index (χ0) is 7.56. The molecule has 1 nitrogen and oxygen atoms in total. The molecule has 2 atom stereocenters. The van der Waals surface area contributed by atoms with Crippen LogP contribution in [-0.2, 0) is 0 Å². The number of piperidine rings is 1. The second-order valence-electron chi connectivity index (χ2n) is 3.26. The summed E-state index contributed by atoms with van der Waals surface area (Å²) in [6.45, 7) is 8.36. The minimum absolute atomic E-state index is 0.709. The average Bonchev–Trinajstić information content (AvgIpc) is 1.88. The number of likely N-dealkylation sites (tertiary alicyclic amines) is 1. The summed E-state index contributed by atoms with van der Waals surface area (Å²) >= 11 is 0. The quantitative estimate of drug-likeness (QED) is 0.539. The standard InChI is InChI=1S/C9H17N/c1-4-10-8(2)6-5-7-9(10)3/h4,8-9H,1,5-7H2,2-3H3. The largest absolute Gasteiger partial charge is 0.373 e. The third kappa shape index (κ3) is 1.34. The maximum absolute atomic E-state index is 3.81. The highest BCUT2D eigenvalue weighted by Crippen LogP contribution is 2.21. The van der Waals surface area contributed by atoms with E-state index in [2.05, 4.69) is 25.3 Å². The van der Waals surface area contributed by atoms with Gasteiger partial charge in [-0.15, -0.1) is 0 Å². The first-order valence-corrected chi connectivity index (χ1v) is 4.15. The maximum Gasteiger partial charge on any atom is 0.0258 e. The van der Waals surface area contributed by atoms with Gasteiger partial charge in [0.25, 0.3) is 0 Å². The van der Waals surface area contributed by atoms with Crippen molar-refractivity contribution in [1.82, 2.24) is 4.90 Å². The lowest BCUT2D eigenvalue weighted by Gasteiger charge is -2.38. The molecule has 0 bridgehead atoms. The van der Waals surface area contributed by atoms with Gasteiger partial charge < -0.3 is 4.90 Å². The normalized spacial score (nSPS) is 34.0. The SMILES string of the molecule is C=CN1C(C)CCCC1C. The molecule has 0 aromatic carbocycles. The Morgan fingerprint density at radius 2 is 1.80 bits per heavy atom. The highest BCUT2D eigenvalue weighted by molar-refractivity contribution is 4.85. The van der Waals surface area contributed by atoms with Crippen molar-refractivity contribution in [1.29, 1.82) is 0 Å². The summed E-state index contributed by atoms with van der Waals surface area (Å²) < 4.78 is 0. The predicted molar refractivity (Wildman–Crippen MR) is 44.8 cm³/mol. The molecule has 1 fully saturated rings. The van der Waals surface area contributed by atoms with E-state index in [1.165, 1.54) is 19.3 Å². The van der Waals surface area contributed by atoms with Crippen molar-refractivity contribution in [3.05, 3.63) is 12.8 Å². The van der Waals surface area contributed by atoms with Crippen LogP contribution in [0.4, 0.5) is 0 Å². The van der Waals surface area contributed by atoms with Gasteiger partial charge in [-0.2, -0.15) is 0 Å². The van der Waals surface area contributed by atoms with E-state index < -0.39 is 0 Å². The Labute approximate surface area is 63.7 Å². The molecule has 1 heterocycles. The number of hydrogen-bond acceptors (Lipinski definition) is 1. The zero-order valence-corrected chi connectivity index (χ0v) is 7.01.